The van der Waals surface area contributed by atoms with Gasteiger partial charge in [-0.2, -0.15) is 0 Å². The summed E-state index contributed by atoms with van der Waals surface area (Å²) in [5.41, 5.74) is 5.27. The molecule has 1 aliphatic heterocycles. The monoisotopic (exact) mass is 368 g/mol. The molecule has 0 aromatic heterocycles. The van der Waals surface area contributed by atoms with Gasteiger partial charge in [0.15, 0.2) is 0 Å². The highest BCUT2D eigenvalue weighted by molar-refractivity contribution is 5.63. The van der Waals surface area contributed by atoms with Crippen molar-refractivity contribution in [1.82, 2.24) is 9.80 Å². The zero-order valence-corrected chi connectivity index (χ0v) is 16.4. The Kier molecular flexibility index (Phi) is 6.01. The van der Waals surface area contributed by atoms with E-state index < -0.39 is 0 Å². The standard InChI is InChI=1S/C26H28N2/c1-2-17-27-18-20-28(21-19-27)26(24-11-7-4-8-12-24)25-15-13-23(14-16-25)22-9-5-3-6-10-22/h2-16,26H,1,17-21H2. The van der Waals surface area contributed by atoms with Crippen molar-refractivity contribution >= 4 is 0 Å². The van der Waals surface area contributed by atoms with Gasteiger partial charge in [0.25, 0.3) is 0 Å². The second kappa shape index (κ2) is 9.01. The van der Waals surface area contributed by atoms with Crippen LogP contribution in [0.2, 0.25) is 0 Å². The van der Waals surface area contributed by atoms with Crippen LogP contribution in [0.3, 0.4) is 0 Å². The lowest BCUT2D eigenvalue weighted by Gasteiger charge is -2.39. The molecule has 1 unspecified atom stereocenters. The minimum atomic E-state index is 0.303. The van der Waals surface area contributed by atoms with Crippen LogP contribution in [0.1, 0.15) is 17.2 Å². The smallest absolute Gasteiger partial charge is 0.0602 e. The quantitative estimate of drug-likeness (QED) is 0.549. The minimum absolute atomic E-state index is 0.303. The third kappa shape index (κ3) is 4.24. The highest BCUT2D eigenvalue weighted by Gasteiger charge is 2.26. The molecule has 1 aliphatic rings. The van der Waals surface area contributed by atoms with Crippen LogP contribution in [0, 0.1) is 0 Å². The average molecular weight is 369 g/mol. The Morgan fingerprint density at radius 1 is 0.679 bits per heavy atom. The van der Waals surface area contributed by atoms with E-state index in [2.05, 4.69) is 101 Å². The first-order valence-corrected chi connectivity index (χ1v) is 10.1. The van der Waals surface area contributed by atoms with Gasteiger partial charge in [0.1, 0.15) is 0 Å². The molecule has 2 nitrogen and oxygen atoms in total. The Labute approximate surface area is 168 Å². The Hall–Kier alpha value is -2.68. The summed E-state index contributed by atoms with van der Waals surface area (Å²) < 4.78 is 0. The van der Waals surface area contributed by atoms with E-state index in [0.717, 1.165) is 32.7 Å². The van der Waals surface area contributed by atoms with Crippen LogP contribution in [-0.2, 0) is 0 Å². The number of hydrogen-bond acceptors (Lipinski definition) is 2. The van der Waals surface area contributed by atoms with E-state index in [4.69, 9.17) is 0 Å². The normalized spacial score (nSPS) is 16.6. The van der Waals surface area contributed by atoms with Crippen molar-refractivity contribution < 1.29 is 0 Å². The van der Waals surface area contributed by atoms with E-state index in [1.165, 1.54) is 22.3 Å². The fourth-order valence-corrected chi connectivity index (χ4v) is 4.12. The molecule has 0 bridgehead atoms. The first-order valence-electron chi connectivity index (χ1n) is 10.1. The molecule has 1 saturated heterocycles. The van der Waals surface area contributed by atoms with E-state index in [9.17, 15) is 0 Å². The largest absolute Gasteiger partial charge is 0.297 e. The van der Waals surface area contributed by atoms with Crippen molar-refractivity contribution in [3.63, 3.8) is 0 Å². The molecule has 1 atom stereocenters. The van der Waals surface area contributed by atoms with Crippen LogP contribution in [0.5, 0.6) is 0 Å². The predicted molar refractivity (Wildman–Crippen MR) is 118 cm³/mol. The maximum Gasteiger partial charge on any atom is 0.0602 e. The van der Waals surface area contributed by atoms with Gasteiger partial charge in [-0.25, -0.2) is 0 Å². The molecule has 1 heterocycles. The molecule has 1 fully saturated rings. The van der Waals surface area contributed by atoms with E-state index in [1.807, 2.05) is 6.08 Å². The molecule has 142 valence electrons. The summed E-state index contributed by atoms with van der Waals surface area (Å²) in [4.78, 5) is 5.09. The first-order chi connectivity index (χ1) is 13.8. The first kappa shape index (κ1) is 18.7. The molecule has 0 spiro atoms. The van der Waals surface area contributed by atoms with Gasteiger partial charge in [-0.1, -0.05) is 91.0 Å². The van der Waals surface area contributed by atoms with Crippen LogP contribution in [0.25, 0.3) is 11.1 Å². The van der Waals surface area contributed by atoms with Gasteiger partial charge < -0.3 is 0 Å². The molecule has 2 heteroatoms. The molecule has 0 aliphatic carbocycles. The van der Waals surface area contributed by atoms with Crippen LogP contribution in [0.4, 0.5) is 0 Å². The molecule has 0 N–H and O–H groups in total. The fourth-order valence-electron chi connectivity index (χ4n) is 4.12. The summed E-state index contributed by atoms with van der Waals surface area (Å²) >= 11 is 0. The lowest BCUT2D eigenvalue weighted by molar-refractivity contribution is 0.118. The molecule has 28 heavy (non-hydrogen) atoms. The Balaban J connectivity index is 1.60. The van der Waals surface area contributed by atoms with Gasteiger partial charge in [0.05, 0.1) is 6.04 Å². The topological polar surface area (TPSA) is 6.48 Å². The maximum absolute atomic E-state index is 3.88. The third-order valence-electron chi connectivity index (χ3n) is 5.61. The minimum Gasteiger partial charge on any atom is -0.297 e. The van der Waals surface area contributed by atoms with Gasteiger partial charge in [-0.15, -0.1) is 6.58 Å². The molecular formula is C26H28N2. The molecule has 0 amide bonds. The molecule has 4 rings (SSSR count). The second-order valence-corrected chi connectivity index (χ2v) is 7.43. The maximum atomic E-state index is 3.88. The lowest BCUT2D eigenvalue weighted by atomic mass is 9.94. The van der Waals surface area contributed by atoms with Gasteiger partial charge in [-0.3, -0.25) is 9.80 Å². The lowest BCUT2D eigenvalue weighted by Crippen LogP contribution is -2.47. The summed E-state index contributed by atoms with van der Waals surface area (Å²) in [5, 5.41) is 0. The predicted octanol–water partition coefficient (Wildman–Crippen LogP) is 5.25. The van der Waals surface area contributed by atoms with Crippen molar-refractivity contribution in [3.8, 4) is 11.1 Å². The highest BCUT2D eigenvalue weighted by Crippen LogP contribution is 2.31. The van der Waals surface area contributed by atoms with Crippen molar-refractivity contribution in [3.05, 3.63) is 109 Å². The van der Waals surface area contributed by atoms with Crippen LogP contribution in [0.15, 0.2) is 97.6 Å². The Morgan fingerprint density at radius 3 is 1.82 bits per heavy atom. The van der Waals surface area contributed by atoms with Gasteiger partial charge in [0, 0.05) is 32.7 Å². The molecule has 0 saturated carbocycles. The summed E-state index contributed by atoms with van der Waals surface area (Å²) in [6, 6.07) is 30.9. The van der Waals surface area contributed by atoms with Gasteiger partial charge in [-0.05, 0) is 22.3 Å². The molecule has 0 radical (unpaired) electrons. The summed E-state index contributed by atoms with van der Waals surface area (Å²) in [5.74, 6) is 0. The van der Waals surface area contributed by atoms with Gasteiger partial charge >= 0.3 is 0 Å². The summed E-state index contributed by atoms with van der Waals surface area (Å²) in [6.07, 6.45) is 2.01. The Bertz CT molecular complexity index is 863. The van der Waals surface area contributed by atoms with Crippen molar-refractivity contribution in [1.29, 1.82) is 0 Å². The molecule has 3 aromatic carbocycles. The van der Waals surface area contributed by atoms with Crippen LogP contribution >= 0.6 is 0 Å². The SMILES string of the molecule is C=CCN1CCN(C(c2ccccc2)c2ccc(-c3ccccc3)cc2)CC1. The molecular weight excluding hydrogens is 340 g/mol. The van der Waals surface area contributed by atoms with Crippen LogP contribution < -0.4 is 0 Å². The number of rotatable bonds is 6. The van der Waals surface area contributed by atoms with Crippen molar-refractivity contribution in [2.24, 2.45) is 0 Å². The number of benzene rings is 3. The van der Waals surface area contributed by atoms with E-state index >= 15 is 0 Å². The number of nitrogens with zero attached hydrogens (tertiary/aromatic N) is 2. The second-order valence-electron chi connectivity index (χ2n) is 7.43. The van der Waals surface area contributed by atoms with Crippen molar-refractivity contribution in [2.75, 3.05) is 32.7 Å². The highest BCUT2D eigenvalue weighted by atomic mass is 15.3. The van der Waals surface area contributed by atoms with E-state index in [-0.39, 0.29) is 0 Å². The fraction of sp³-hybridized carbons (Fsp3) is 0.231. The third-order valence-corrected chi connectivity index (χ3v) is 5.61. The Morgan fingerprint density at radius 2 is 1.21 bits per heavy atom. The van der Waals surface area contributed by atoms with Crippen LogP contribution in [-0.4, -0.2) is 42.5 Å². The number of hydrogen-bond donors (Lipinski definition) is 0. The zero-order valence-electron chi connectivity index (χ0n) is 16.4. The van der Waals surface area contributed by atoms with E-state index in [0.29, 0.717) is 6.04 Å². The zero-order chi connectivity index (χ0) is 19.2. The van der Waals surface area contributed by atoms with Gasteiger partial charge in [0.2, 0.25) is 0 Å². The van der Waals surface area contributed by atoms with E-state index in [1.54, 1.807) is 0 Å². The molecule has 3 aromatic rings. The number of piperazine rings is 1. The van der Waals surface area contributed by atoms with Crippen molar-refractivity contribution in [2.45, 2.75) is 6.04 Å². The summed E-state index contributed by atoms with van der Waals surface area (Å²) in [7, 11) is 0. The average Bonchev–Trinajstić information content (AvgIpc) is 2.77. The summed E-state index contributed by atoms with van der Waals surface area (Å²) in [6.45, 7) is 9.21.